The first-order chi connectivity index (χ1) is 8.61. The summed E-state index contributed by atoms with van der Waals surface area (Å²) >= 11 is 0. The highest BCUT2D eigenvalue weighted by atomic mass is 16.4. The molecule has 0 radical (unpaired) electrons. The van der Waals surface area contributed by atoms with Gasteiger partial charge in [-0.05, 0) is 36.5 Å². The fourth-order valence-corrected chi connectivity index (χ4v) is 2.81. The number of aliphatic hydroxyl groups is 1. The van der Waals surface area contributed by atoms with E-state index in [4.69, 9.17) is 11.5 Å². The Balaban J connectivity index is 2.22. The van der Waals surface area contributed by atoms with E-state index in [0.29, 0.717) is 6.42 Å². The number of hydrogen-bond acceptors (Lipinski definition) is 2. The molecule has 94 valence electrons. The van der Waals surface area contributed by atoms with Crippen LogP contribution in [0.5, 0.6) is 0 Å². The van der Waals surface area contributed by atoms with Gasteiger partial charge in [-0.15, -0.1) is 6.42 Å². The second-order valence-electron chi connectivity index (χ2n) is 4.79. The SMILES string of the molecule is C#Cc1ccc(C2C(O)CCC2CC(=O)O)cc1. The second kappa shape index (κ2) is 5.24. The van der Waals surface area contributed by atoms with Crippen LogP contribution in [0.25, 0.3) is 0 Å². The largest absolute Gasteiger partial charge is 0.481 e. The van der Waals surface area contributed by atoms with Gasteiger partial charge in [-0.1, -0.05) is 18.1 Å². The van der Waals surface area contributed by atoms with E-state index < -0.39 is 12.1 Å². The number of carbonyl (C=O) groups is 1. The van der Waals surface area contributed by atoms with Gasteiger partial charge in [-0.25, -0.2) is 0 Å². The zero-order chi connectivity index (χ0) is 13.1. The Morgan fingerprint density at radius 1 is 1.33 bits per heavy atom. The molecule has 2 N–H and O–H groups in total. The lowest BCUT2D eigenvalue weighted by atomic mass is 9.85. The van der Waals surface area contributed by atoms with Crippen LogP contribution in [0, 0.1) is 18.3 Å². The molecule has 1 aromatic rings. The molecule has 1 fully saturated rings. The normalized spacial score (nSPS) is 26.8. The van der Waals surface area contributed by atoms with Gasteiger partial charge in [0.05, 0.1) is 6.10 Å². The van der Waals surface area contributed by atoms with Crippen LogP contribution < -0.4 is 0 Å². The molecule has 0 aromatic heterocycles. The van der Waals surface area contributed by atoms with Crippen molar-refractivity contribution in [2.24, 2.45) is 5.92 Å². The van der Waals surface area contributed by atoms with E-state index in [1.807, 2.05) is 24.3 Å². The maximum absolute atomic E-state index is 10.8. The van der Waals surface area contributed by atoms with Crippen molar-refractivity contribution in [3.8, 4) is 12.3 Å². The van der Waals surface area contributed by atoms with Crippen LogP contribution in [-0.2, 0) is 4.79 Å². The van der Waals surface area contributed by atoms with Crippen molar-refractivity contribution >= 4 is 5.97 Å². The Morgan fingerprint density at radius 2 is 2.00 bits per heavy atom. The van der Waals surface area contributed by atoms with E-state index in [2.05, 4.69) is 5.92 Å². The first-order valence-electron chi connectivity index (χ1n) is 6.08. The van der Waals surface area contributed by atoms with Crippen molar-refractivity contribution in [1.82, 2.24) is 0 Å². The maximum atomic E-state index is 10.8. The molecule has 3 atom stereocenters. The minimum atomic E-state index is -0.806. The third-order valence-electron chi connectivity index (χ3n) is 3.65. The molecule has 0 bridgehead atoms. The van der Waals surface area contributed by atoms with Crippen molar-refractivity contribution < 1.29 is 15.0 Å². The molecule has 3 unspecified atom stereocenters. The van der Waals surface area contributed by atoms with E-state index in [0.717, 1.165) is 17.5 Å². The summed E-state index contributed by atoms with van der Waals surface area (Å²) in [5.74, 6) is 1.66. The number of benzene rings is 1. The molecule has 0 spiro atoms. The monoisotopic (exact) mass is 244 g/mol. The van der Waals surface area contributed by atoms with Crippen molar-refractivity contribution in [2.75, 3.05) is 0 Å². The molecule has 1 aliphatic carbocycles. The van der Waals surface area contributed by atoms with Crippen LogP contribution in [0.1, 0.15) is 36.3 Å². The van der Waals surface area contributed by atoms with E-state index in [9.17, 15) is 9.90 Å². The Labute approximate surface area is 106 Å². The highest BCUT2D eigenvalue weighted by molar-refractivity contribution is 5.67. The summed E-state index contributed by atoms with van der Waals surface area (Å²) < 4.78 is 0. The van der Waals surface area contributed by atoms with Gasteiger partial charge in [-0.3, -0.25) is 4.79 Å². The summed E-state index contributed by atoms with van der Waals surface area (Å²) in [6.07, 6.45) is 6.38. The van der Waals surface area contributed by atoms with Gasteiger partial charge in [-0.2, -0.15) is 0 Å². The zero-order valence-electron chi connectivity index (χ0n) is 10.0. The van der Waals surface area contributed by atoms with E-state index >= 15 is 0 Å². The average Bonchev–Trinajstić information content (AvgIpc) is 2.70. The Hall–Kier alpha value is -1.79. The van der Waals surface area contributed by atoms with Crippen LogP contribution in [0.4, 0.5) is 0 Å². The van der Waals surface area contributed by atoms with Crippen LogP contribution in [0.15, 0.2) is 24.3 Å². The molecule has 3 nitrogen and oxygen atoms in total. The minimum Gasteiger partial charge on any atom is -0.481 e. The topological polar surface area (TPSA) is 57.5 Å². The van der Waals surface area contributed by atoms with Crippen LogP contribution in [0.3, 0.4) is 0 Å². The van der Waals surface area contributed by atoms with Gasteiger partial charge < -0.3 is 10.2 Å². The predicted molar refractivity (Wildman–Crippen MR) is 68.1 cm³/mol. The molecule has 0 saturated heterocycles. The van der Waals surface area contributed by atoms with Crippen molar-refractivity contribution in [3.63, 3.8) is 0 Å². The maximum Gasteiger partial charge on any atom is 0.303 e. The summed E-state index contributed by atoms with van der Waals surface area (Å²) in [6.45, 7) is 0. The fourth-order valence-electron chi connectivity index (χ4n) is 2.81. The summed E-state index contributed by atoms with van der Waals surface area (Å²) in [7, 11) is 0. The number of aliphatic hydroxyl groups excluding tert-OH is 1. The third-order valence-corrected chi connectivity index (χ3v) is 3.65. The number of terminal acetylenes is 1. The van der Waals surface area contributed by atoms with Crippen LogP contribution in [-0.4, -0.2) is 22.3 Å². The van der Waals surface area contributed by atoms with Crippen molar-refractivity contribution in [1.29, 1.82) is 0 Å². The molecule has 1 saturated carbocycles. The van der Waals surface area contributed by atoms with Gasteiger partial charge in [0.25, 0.3) is 0 Å². The zero-order valence-corrected chi connectivity index (χ0v) is 10.0. The quantitative estimate of drug-likeness (QED) is 0.799. The van der Waals surface area contributed by atoms with E-state index in [-0.39, 0.29) is 18.3 Å². The third kappa shape index (κ3) is 2.55. The van der Waals surface area contributed by atoms with Gasteiger partial charge in [0.2, 0.25) is 0 Å². The molecule has 0 amide bonds. The van der Waals surface area contributed by atoms with Gasteiger partial charge in [0, 0.05) is 17.9 Å². The molecule has 18 heavy (non-hydrogen) atoms. The second-order valence-corrected chi connectivity index (χ2v) is 4.79. The molecule has 2 rings (SSSR count). The van der Waals surface area contributed by atoms with Crippen molar-refractivity contribution in [2.45, 2.75) is 31.3 Å². The molecule has 1 aromatic carbocycles. The molecule has 0 heterocycles. The highest BCUT2D eigenvalue weighted by Crippen LogP contribution is 2.41. The van der Waals surface area contributed by atoms with Gasteiger partial charge in [0.15, 0.2) is 0 Å². The van der Waals surface area contributed by atoms with Crippen LogP contribution in [0.2, 0.25) is 0 Å². The lowest BCUT2D eigenvalue weighted by Crippen LogP contribution is -2.19. The number of carboxylic acids is 1. The molecular weight excluding hydrogens is 228 g/mol. The van der Waals surface area contributed by atoms with Gasteiger partial charge >= 0.3 is 5.97 Å². The molecular formula is C15H16O3. The lowest BCUT2D eigenvalue weighted by Gasteiger charge is -2.21. The number of carboxylic acid groups (broad SMARTS) is 1. The van der Waals surface area contributed by atoms with E-state index in [1.165, 1.54) is 0 Å². The summed E-state index contributed by atoms with van der Waals surface area (Å²) in [5.41, 5.74) is 1.77. The number of hydrogen-bond donors (Lipinski definition) is 2. The lowest BCUT2D eigenvalue weighted by molar-refractivity contribution is -0.138. The summed E-state index contributed by atoms with van der Waals surface area (Å²) in [5, 5.41) is 18.9. The fraction of sp³-hybridized carbons (Fsp3) is 0.400. The molecule has 1 aliphatic rings. The van der Waals surface area contributed by atoms with Gasteiger partial charge in [0.1, 0.15) is 0 Å². The summed E-state index contributed by atoms with van der Waals surface area (Å²) in [4.78, 5) is 10.8. The molecule has 3 heteroatoms. The average molecular weight is 244 g/mol. The number of rotatable bonds is 3. The standard InChI is InChI=1S/C15H16O3/c1-2-10-3-5-11(6-4-10)15-12(9-14(17)18)7-8-13(15)16/h1,3-6,12-13,15-16H,7-9H2,(H,17,18). The highest BCUT2D eigenvalue weighted by Gasteiger charge is 2.36. The predicted octanol–water partition coefficient (Wildman–Crippen LogP) is 2.00. The first kappa shape index (κ1) is 12.7. The Kier molecular flexibility index (Phi) is 3.69. The minimum absolute atomic E-state index is 0.00851. The number of aliphatic carboxylic acids is 1. The first-order valence-corrected chi connectivity index (χ1v) is 6.08. The smallest absolute Gasteiger partial charge is 0.303 e. The molecule has 0 aliphatic heterocycles. The Morgan fingerprint density at radius 3 is 2.56 bits per heavy atom. The summed E-state index contributed by atoms with van der Waals surface area (Å²) in [6, 6.07) is 7.45. The Bertz CT molecular complexity index is 470. The van der Waals surface area contributed by atoms with E-state index in [1.54, 1.807) is 0 Å². The van der Waals surface area contributed by atoms with Crippen molar-refractivity contribution in [3.05, 3.63) is 35.4 Å². The van der Waals surface area contributed by atoms with Crippen LogP contribution >= 0.6 is 0 Å².